The minimum atomic E-state index is -0.185. The predicted octanol–water partition coefficient (Wildman–Crippen LogP) is 5.65. The molecule has 0 aliphatic heterocycles. The third-order valence-corrected chi connectivity index (χ3v) is 4.83. The number of hydrogen-bond acceptors (Lipinski definition) is 3. The Morgan fingerprint density at radius 3 is 2.19 bits per heavy atom. The molecule has 1 aromatic heterocycles. The molecule has 4 rings (SSSR count). The highest BCUT2D eigenvalue weighted by atomic mass is 16.5. The van der Waals surface area contributed by atoms with Crippen molar-refractivity contribution in [3.05, 3.63) is 96.3 Å². The second-order valence-electron chi connectivity index (χ2n) is 6.42. The Morgan fingerprint density at radius 2 is 1.56 bits per heavy atom. The molecule has 0 saturated heterocycles. The Morgan fingerprint density at radius 1 is 0.815 bits per heavy atom. The van der Waals surface area contributed by atoms with Gasteiger partial charge in [-0.05, 0) is 57.8 Å². The van der Waals surface area contributed by atoms with E-state index >= 15 is 0 Å². The van der Waals surface area contributed by atoms with Crippen molar-refractivity contribution in [3.8, 4) is 16.9 Å². The molecule has 0 saturated carbocycles. The second-order valence-corrected chi connectivity index (χ2v) is 6.42. The fourth-order valence-corrected chi connectivity index (χ4v) is 3.47. The summed E-state index contributed by atoms with van der Waals surface area (Å²) in [7, 11) is 3.42. The monoisotopic (exact) mass is 355 g/mol. The summed E-state index contributed by atoms with van der Waals surface area (Å²) in [4.78, 5) is 4.31. The summed E-state index contributed by atoms with van der Waals surface area (Å²) in [5.74, 6) is 0.833. The van der Waals surface area contributed by atoms with Crippen molar-refractivity contribution in [3.63, 3.8) is 0 Å². The number of pyridine rings is 1. The lowest BCUT2D eigenvalue weighted by Crippen LogP contribution is -2.06. The van der Waals surface area contributed by atoms with Crippen molar-refractivity contribution in [2.75, 3.05) is 14.2 Å². The lowest BCUT2D eigenvalue weighted by molar-refractivity contribution is 0.137. The molecule has 0 bridgehead atoms. The van der Waals surface area contributed by atoms with Gasteiger partial charge in [-0.15, -0.1) is 0 Å². The van der Waals surface area contributed by atoms with E-state index in [4.69, 9.17) is 9.47 Å². The quantitative estimate of drug-likeness (QED) is 0.464. The van der Waals surface area contributed by atoms with Crippen LogP contribution in [0.5, 0.6) is 5.75 Å². The molecule has 4 aromatic rings. The first-order chi connectivity index (χ1) is 13.3. The summed E-state index contributed by atoms with van der Waals surface area (Å²) in [5.41, 5.74) is 4.41. The maximum Gasteiger partial charge on any atom is 0.118 e. The zero-order valence-electron chi connectivity index (χ0n) is 15.4. The number of fused-ring (bicyclic) bond motifs is 1. The van der Waals surface area contributed by atoms with Gasteiger partial charge < -0.3 is 9.47 Å². The average molecular weight is 355 g/mol. The third-order valence-electron chi connectivity index (χ3n) is 4.83. The third kappa shape index (κ3) is 3.42. The molecule has 3 nitrogen and oxygen atoms in total. The number of benzene rings is 3. The van der Waals surface area contributed by atoms with Gasteiger partial charge in [-0.2, -0.15) is 0 Å². The highest BCUT2D eigenvalue weighted by Gasteiger charge is 2.19. The predicted molar refractivity (Wildman–Crippen MR) is 109 cm³/mol. The second kappa shape index (κ2) is 7.60. The minimum Gasteiger partial charge on any atom is -0.497 e. The molecule has 1 atom stereocenters. The van der Waals surface area contributed by atoms with Gasteiger partial charge in [0, 0.05) is 25.1 Å². The van der Waals surface area contributed by atoms with Crippen molar-refractivity contribution in [2.45, 2.75) is 6.10 Å². The molecular weight excluding hydrogens is 334 g/mol. The van der Waals surface area contributed by atoms with Gasteiger partial charge in [0.2, 0.25) is 0 Å². The molecule has 0 spiro atoms. The van der Waals surface area contributed by atoms with Crippen molar-refractivity contribution in [2.24, 2.45) is 0 Å². The topological polar surface area (TPSA) is 31.4 Å². The molecule has 3 aromatic carbocycles. The van der Waals surface area contributed by atoms with E-state index in [2.05, 4.69) is 59.6 Å². The molecule has 134 valence electrons. The van der Waals surface area contributed by atoms with Gasteiger partial charge in [0.15, 0.2) is 0 Å². The number of ether oxygens (including phenoxy) is 2. The first kappa shape index (κ1) is 17.3. The van der Waals surface area contributed by atoms with Gasteiger partial charge >= 0.3 is 0 Å². The Balaban J connectivity index is 1.91. The van der Waals surface area contributed by atoms with Crippen molar-refractivity contribution < 1.29 is 9.47 Å². The number of aromatic nitrogens is 1. The molecule has 0 aliphatic rings. The molecular formula is C24H21NO2. The van der Waals surface area contributed by atoms with E-state index < -0.39 is 0 Å². The van der Waals surface area contributed by atoms with Crippen LogP contribution in [0, 0.1) is 0 Å². The first-order valence-corrected chi connectivity index (χ1v) is 8.90. The standard InChI is InChI=1S/C24H21NO2/c1-26-21-11-9-17(10-12-21)24(27-2)23-15-19-7-4-3-6-18(19)14-22(23)20-8-5-13-25-16-20/h3-16,24H,1-2H3. The molecule has 0 fully saturated rings. The molecule has 0 radical (unpaired) electrons. The van der Waals surface area contributed by atoms with E-state index in [9.17, 15) is 0 Å². The normalized spacial score (nSPS) is 12.1. The van der Waals surface area contributed by atoms with Gasteiger partial charge in [0.25, 0.3) is 0 Å². The fraction of sp³-hybridized carbons (Fsp3) is 0.125. The summed E-state index contributed by atoms with van der Waals surface area (Å²) in [6.07, 6.45) is 3.51. The first-order valence-electron chi connectivity index (χ1n) is 8.90. The number of rotatable bonds is 5. The van der Waals surface area contributed by atoms with E-state index in [0.29, 0.717) is 0 Å². The van der Waals surface area contributed by atoms with Crippen molar-refractivity contribution in [1.29, 1.82) is 0 Å². The lowest BCUT2D eigenvalue weighted by Gasteiger charge is -2.21. The number of hydrogen-bond donors (Lipinski definition) is 0. The van der Waals surface area contributed by atoms with Crippen molar-refractivity contribution >= 4 is 10.8 Å². The Kier molecular flexibility index (Phi) is 4.86. The van der Waals surface area contributed by atoms with Crippen LogP contribution in [0.15, 0.2) is 85.2 Å². The summed E-state index contributed by atoms with van der Waals surface area (Å²) >= 11 is 0. The lowest BCUT2D eigenvalue weighted by atomic mass is 9.90. The largest absolute Gasteiger partial charge is 0.497 e. The van der Waals surface area contributed by atoms with Crippen LogP contribution in [0.4, 0.5) is 0 Å². The minimum absolute atomic E-state index is 0.185. The average Bonchev–Trinajstić information content (AvgIpc) is 2.75. The fourth-order valence-electron chi connectivity index (χ4n) is 3.47. The van der Waals surface area contributed by atoms with E-state index in [1.165, 1.54) is 10.8 Å². The summed E-state index contributed by atoms with van der Waals surface area (Å²) in [5, 5.41) is 2.39. The van der Waals surface area contributed by atoms with Gasteiger partial charge in [-0.3, -0.25) is 4.98 Å². The van der Waals surface area contributed by atoms with Crippen LogP contribution >= 0.6 is 0 Å². The molecule has 1 heterocycles. The zero-order chi connectivity index (χ0) is 18.6. The number of methoxy groups -OCH3 is 2. The number of nitrogens with zero attached hydrogens (tertiary/aromatic N) is 1. The van der Waals surface area contributed by atoms with E-state index in [1.807, 2.05) is 24.4 Å². The van der Waals surface area contributed by atoms with Gasteiger partial charge in [0.1, 0.15) is 11.9 Å². The van der Waals surface area contributed by atoms with E-state index in [-0.39, 0.29) is 6.10 Å². The smallest absolute Gasteiger partial charge is 0.118 e. The van der Waals surface area contributed by atoms with Crippen LogP contribution in [0.2, 0.25) is 0 Å². The van der Waals surface area contributed by atoms with Gasteiger partial charge in [0.05, 0.1) is 7.11 Å². The van der Waals surface area contributed by atoms with Crippen LogP contribution in [-0.4, -0.2) is 19.2 Å². The summed E-state index contributed by atoms with van der Waals surface area (Å²) in [6, 6.07) is 24.9. The Bertz CT molecular complexity index is 1040. The van der Waals surface area contributed by atoms with Crippen LogP contribution in [-0.2, 0) is 4.74 Å². The highest BCUT2D eigenvalue weighted by molar-refractivity contribution is 5.89. The molecule has 0 aliphatic carbocycles. The maximum absolute atomic E-state index is 5.95. The van der Waals surface area contributed by atoms with Crippen molar-refractivity contribution in [1.82, 2.24) is 4.98 Å². The highest BCUT2D eigenvalue weighted by Crippen LogP contribution is 2.37. The molecule has 1 unspecified atom stereocenters. The van der Waals surface area contributed by atoms with Gasteiger partial charge in [-0.25, -0.2) is 0 Å². The summed E-state index contributed by atoms with van der Waals surface area (Å²) in [6.45, 7) is 0. The SMILES string of the molecule is COc1ccc(C(OC)c2cc3ccccc3cc2-c2cccnc2)cc1. The van der Waals surface area contributed by atoms with E-state index in [1.54, 1.807) is 20.4 Å². The van der Waals surface area contributed by atoms with Crippen LogP contribution in [0.1, 0.15) is 17.2 Å². The maximum atomic E-state index is 5.95. The molecule has 0 N–H and O–H groups in total. The molecule has 27 heavy (non-hydrogen) atoms. The molecule has 0 amide bonds. The van der Waals surface area contributed by atoms with Gasteiger partial charge in [-0.1, -0.05) is 42.5 Å². The molecule has 3 heteroatoms. The zero-order valence-corrected chi connectivity index (χ0v) is 15.4. The van der Waals surface area contributed by atoms with E-state index in [0.717, 1.165) is 28.0 Å². The summed E-state index contributed by atoms with van der Waals surface area (Å²) < 4.78 is 11.2. The van der Waals surface area contributed by atoms with Crippen LogP contribution in [0.3, 0.4) is 0 Å². The Labute approximate surface area is 159 Å². The van der Waals surface area contributed by atoms with Crippen LogP contribution in [0.25, 0.3) is 21.9 Å². The Hall–Kier alpha value is -3.17. The van der Waals surface area contributed by atoms with Crippen LogP contribution < -0.4 is 4.74 Å².